The van der Waals surface area contributed by atoms with Gasteiger partial charge in [-0.15, -0.1) is 0 Å². The molecule has 0 radical (unpaired) electrons. The molecule has 3 rings (SSSR count). The number of rotatable bonds is 12. The Balaban J connectivity index is 2.07. The fourth-order valence-corrected chi connectivity index (χ4v) is 5.41. The summed E-state index contributed by atoms with van der Waals surface area (Å²) in [5.41, 5.74) is 2.61. The minimum atomic E-state index is -3.88. The van der Waals surface area contributed by atoms with E-state index in [0.29, 0.717) is 22.0 Å². The first-order chi connectivity index (χ1) is 18.9. The van der Waals surface area contributed by atoms with Gasteiger partial charge in [-0.25, -0.2) is 8.42 Å². The molecule has 0 aromatic heterocycles. The summed E-state index contributed by atoms with van der Waals surface area (Å²) in [5, 5.41) is 3.87. The van der Waals surface area contributed by atoms with E-state index in [0.717, 1.165) is 21.7 Å². The van der Waals surface area contributed by atoms with E-state index in [1.54, 1.807) is 37.3 Å². The molecule has 1 N–H and O–H groups in total. The molecule has 2 amide bonds. The van der Waals surface area contributed by atoms with Crippen molar-refractivity contribution >= 4 is 50.7 Å². The minimum absolute atomic E-state index is 0.0527. The number of amides is 2. The zero-order valence-electron chi connectivity index (χ0n) is 23.1. The van der Waals surface area contributed by atoms with E-state index in [2.05, 4.69) is 5.32 Å². The van der Waals surface area contributed by atoms with Crippen molar-refractivity contribution in [1.82, 2.24) is 10.2 Å². The zero-order chi connectivity index (χ0) is 29.4. The molecule has 3 aromatic rings. The third-order valence-electron chi connectivity index (χ3n) is 6.64. The molecule has 0 aliphatic carbocycles. The average Bonchev–Trinajstić information content (AvgIpc) is 2.90. The van der Waals surface area contributed by atoms with Crippen molar-refractivity contribution in [2.75, 3.05) is 17.1 Å². The van der Waals surface area contributed by atoms with E-state index in [4.69, 9.17) is 23.2 Å². The summed E-state index contributed by atoms with van der Waals surface area (Å²) in [4.78, 5) is 29.2. The maximum Gasteiger partial charge on any atom is 0.244 e. The highest BCUT2D eigenvalue weighted by Crippen LogP contribution is 2.26. The molecule has 0 saturated carbocycles. The van der Waals surface area contributed by atoms with Gasteiger partial charge in [-0.2, -0.15) is 0 Å². The van der Waals surface area contributed by atoms with Crippen molar-refractivity contribution in [3.63, 3.8) is 0 Å². The van der Waals surface area contributed by atoms with E-state index in [1.165, 1.54) is 11.0 Å². The molecule has 7 nitrogen and oxygen atoms in total. The van der Waals surface area contributed by atoms with Crippen LogP contribution in [0.25, 0.3) is 0 Å². The van der Waals surface area contributed by atoms with Crippen LogP contribution in [-0.4, -0.2) is 50.0 Å². The number of nitrogens with one attached hydrogen (secondary N) is 1. The van der Waals surface area contributed by atoms with Crippen molar-refractivity contribution in [2.24, 2.45) is 0 Å². The Hall–Kier alpha value is -3.07. The number of hydrogen-bond acceptors (Lipinski definition) is 4. The molecule has 3 aromatic carbocycles. The van der Waals surface area contributed by atoms with E-state index in [9.17, 15) is 18.0 Å². The van der Waals surface area contributed by atoms with Crippen LogP contribution in [0, 0.1) is 6.92 Å². The highest BCUT2D eigenvalue weighted by atomic mass is 35.5. The molecule has 10 heteroatoms. The smallest absolute Gasteiger partial charge is 0.244 e. The van der Waals surface area contributed by atoms with Gasteiger partial charge >= 0.3 is 0 Å². The lowest BCUT2D eigenvalue weighted by molar-refractivity contribution is -0.140. The number of benzene rings is 3. The first kappa shape index (κ1) is 31.5. The summed E-state index contributed by atoms with van der Waals surface area (Å²) >= 11 is 12.5. The van der Waals surface area contributed by atoms with Crippen molar-refractivity contribution in [1.29, 1.82) is 0 Å². The Bertz CT molecular complexity index is 1430. The highest BCUT2D eigenvalue weighted by Gasteiger charge is 2.33. The van der Waals surface area contributed by atoms with Crippen molar-refractivity contribution in [3.8, 4) is 0 Å². The summed E-state index contributed by atoms with van der Waals surface area (Å²) in [6.45, 7) is 5.20. The Morgan fingerprint density at radius 2 is 1.62 bits per heavy atom. The van der Waals surface area contributed by atoms with Gasteiger partial charge in [0.15, 0.2) is 0 Å². The molecule has 0 heterocycles. The van der Waals surface area contributed by atoms with Gasteiger partial charge < -0.3 is 10.2 Å². The predicted octanol–water partition coefficient (Wildman–Crippen LogP) is 5.62. The Kier molecular flexibility index (Phi) is 11.0. The van der Waals surface area contributed by atoms with Crippen LogP contribution in [0.5, 0.6) is 0 Å². The van der Waals surface area contributed by atoms with Crippen molar-refractivity contribution in [2.45, 2.75) is 52.2 Å². The van der Waals surface area contributed by atoms with Crippen LogP contribution in [0.4, 0.5) is 5.69 Å². The van der Waals surface area contributed by atoms with Gasteiger partial charge in [0, 0.05) is 29.1 Å². The molecule has 2 atom stereocenters. The summed E-state index contributed by atoms with van der Waals surface area (Å²) in [6.07, 6.45) is 1.99. The summed E-state index contributed by atoms with van der Waals surface area (Å²) in [6, 6.07) is 20.2. The number of anilines is 1. The number of aryl methyl sites for hydroxylation is 1. The lowest BCUT2D eigenvalue weighted by Gasteiger charge is -2.34. The van der Waals surface area contributed by atoms with Gasteiger partial charge in [-0.05, 0) is 61.2 Å². The van der Waals surface area contributed by atoms with Gasteiger partial charge in [0.05, 0.1) is 11.9 Å². The van der Waals surface area contributed by atoms with E-state index < -0.39 is 28.5 Å². The van der Waals surface area contributed by atoms with Crippen molar-refractivity contribution < 1.29 is 18.0 Å². The van der Waals surface area contributed by atoms with E-state index in [-0.39, 0.29) is 30.6 Å². The van der Waals surface area contributed by atoms with Crippen LogP contribution in [0.15, 0.2) is 72.8 Å². The first-order valence-corrected chi connectivity index (χ1v) is 15.6. The second-order valence-corrected chi connectivity index (χ2v) is 12.6. The molecule has 0 aliphatic rings. The van der Waals surface area contributed by atoms with Crippen molar-refractivity contribution in [3.05, 3.63) is 99.5 Å². The fourth-order valence-electron chi connectivity index (χ4n) is 4.18. The molecule has 0 spiro atoms. The van der Waals surface area contributed by atoms with Crippen LogP contribution >= 0.6 is 23.2 Å². The molecule has 0 fully saturated rings. The van der Waals surface area contributed by atoms with Gasteiger partial charge in [0.25, 0.3) is 0 Å². The molecular weight excluding hydrogens is 569 g/mol. The molecule has 0 bridgehead atoms. The van der Waals surface area contributed by atoms with Crippen LogP contribution in [0.1, 0.15) is 37.0 Å². The number of sulfonamides is 1. The average molecular weight is 605 g/mol. The van der Waals surface area contributed by atoms with Crippen LogP contribution in [-0.2, 0) is 32.6 Å². The number of hydrogen-bond donors (Lipinski definition) is 1. The number of carbonyl (C=O) groups is 2. The summed E-state index contributed by atoms with van der Waals surface area (Å²) in [5.74, 6) is -0.861. The molecule has 0 aliphatic heterocycles. The second kappa shape index (κ2) is 14.0. The van der Waals surface area contributed by atoms with Crippen LogP contribution in [0.2, 0.25) is 10.0 Å². The Morgan fingerprint density at radius 3 is 2.23 bits per heavy atom. The lowest BCUT2D eigenvalue weighted by Crippen LogP contribution is -2.54. The number of halogens is 2. The second-order valence-electron chi connectivity index (χ2n) is 9.88. The molecular formula is C30H35Cl2N3O4S. The standard InChI is InChI=1S/C30H35Cl2N3O4S/c1-5-22(3)33-30(37)28(17-23-10-7-6-8-11-23)34(19-24-12-9-13-25(31)16-24)29(36)20-35(40(4,38)39)26-15-14-21(2)27(32)18-26/h6-16,18,22,28H,5,17,19-20H2,1-4H3,(H,33,37)/t22-,28-/m1/s1. The van der Waals surface area contributed by atoms with E-state index in [1.807, 2.05) is 50.2 Å². The maximum atomic E-state index is 14.1. The normalized spacial score (nSPS) is 12.8. The number of carbonyl (C=O) groups excluding carboxylic acids is 2. The Morgan fingerprint density at radius 1 is 0.950 bits per heavy atom. The number of nitrogens with zero attached hydrogens (tertiary/aromatic N) is 2. The molecule has 214 valence electrons. The monoisotopic (exact) mass is 603 g/mol. The molecule has 0 saturated heterocycles. The predicted molar refractivity (Wildman–Crippen MR) is 162 cm³/mol. The van der Waals surface area contributed by atoms with Crippen LogP contribution in [0.3, 0.4) is 0 Å². The fraction of sp³-hybridized carbons (Fsp3) is 0.333. The van der Waals surface area contributed by atoms with Gasteiger partial charge in [0.1, 0.15) is 12.6 Å². The van der Waals surface area contributed by atoms with Gasteiger partial charge in [-0.3, -0.25) is 13.9 Å². The third kappa shape index (κ3) is 8.71. The van der Waals surface area contributed by atoms with Gasteiger partial charge in [0.2, 0.25) is 21.8 Å². The lowest BCUT2D eigenvalue weighted by atomic mass is 10.0. The third-order valence-corrected chi connectivity index (χ3v) is 8.42. The van der Waals surface area contributed by atoms with E-state index >= 15 is 0 Å². The quantitative estimate of drug-likeness (QED) is 0.291. The Labute approximate surface area is 247 Å². The van der Waals surface area contributed by atoms with Crippen LogP contribution < -0.4 is 9.62 Å². The molecule has 40 heavy (non-hydrogen) atoms. The summed E-state index contributed by atoms with van der Waals surface area (Å²) < 4.78 is 26.8. The maximum absolute atomic E-state index is 14.1. The highest BCUT2D eigenvalue weighted by molar-refractivity contribution is 7.92. The minimum Gasteiger partial charge on any atom is -0.352 e. The SMILES string of the molecule is CC[C@@H](C)NC(=O)[C@@H](Cc1ccccc1)N(Cc1cccc(Cl)c1)C(=O)CN(c1ccc(C)c(Cl)c1)S(C)(=O)=O. The molecule has 0 unspecified atom stereocenters. The summed E-state index contributed by atoms with van der Waals surface area (Å²) in [7, 11) is -3.88. The largest absolute Gasteiger partial charge is 0.352 e. The zero-order valence-corrected chi connectivity index (χ0v) is 25.4. The van der Waals surface area contributed by atoms with Gasteiger partial charge in [-0.1, -0.05) is 78.7 Å². The first-order valence-electron chi connectivity index (χ1n) is 13.0. The topological polar surface area (TPSA) is 86.8 Å².